The largest absolute Gasteiger partial charge is 0.497 e. The number of carbonyl (C=O) groups excluding carboxylic acids is 1. The average Bonchev–Trinajstić information content (AvgIpc) is 2.85. The minimum Gasteiger partial charge on any atom is -0.497 e. The summed E-state index contributed by atoms with van der Waals surface area (Å²) >= 11 is 0. The molecule has 32 heavy (non-hydrogen) atoms. The van der Waals surface area contributed by atoms with Crippen LogP contribution < -0.4 is 15.2 Å². The molecule has 7 heteroatoms. The van der Waals surface area contributed by atoms with Gasteiger partial charge in [-0.1, -0.05) is 36.4 Å². The predicted molar refractivity (Wildman–Crippen MR) is 122 cm³/mol. The van der Waals surface area contributed by atoms with E-state index in [2.05, 4.69) is 10.1 Å². The van der Waals surface area contributed by atoms with E-state index in [0.29, 0.717) is 18.1 Å². The first-order valence-corrected chi connectivity index (χ1v) is 10.1. The van der Waals surface area contributed by atoms with Crippen molar-refractivity contribution in [2.75, 3.05) is 12.0 Å². The summed E-state index contributed by atoms with van der Waals surface area (Å²) in [5, 5.41) is 4.42. The van der Waals surface area contributed by atoms with Gasteiger partial charge in [0.05, 0.1) is 19.3 Å². The van der Waals surface area contributed by atoms with Crippen LogP contribution >= 0.6 is 0 Å². The number of benzene rings is 2. The van der Waals surface area contributed by atoms with Crippen LogP contribution in [0.4, 0.5) is 5.82 Å². The van der Waals surface area contributed by atoms with E-state index in [1.54, 1.807) is 36.4 Å². The van der Waals surface area contributed by atoms with Gasteiger partial charge in [-0.2, -0.15) is 5.10 Å². The third-order valence-corrected chi connectivity index (χ3v) is 4.95. The number of aromatic nitrogens is 3. The number of hydrogen-bond acceptors (Lipinski definition) is 5. The van der Waals surface area contributed by atoms with Crippen LogP contribution in [-0.4, -0.2) is 27.8 Å². The molecule has 0 saturated heterocycles. The number of amides is 1. The van der Waals surface area contributed by atoms with E-state index in [9.17, 15) is 9.59 Å². The molecule has 0 bridgehead atoms. The highest BCUT2D eigenvalue weighted by Gasteiger charge is 2.19. The molecule has 0 aliphatic carbocycles. The Balaban J connectivity index is 1.62. The number of methoxy groups -OCH3 is 1. The number of carbonyl (C=O) groups is 1. The van der Waals surface area contributed by atoms with Crippen molar-refractivity contribution in [3.05, 3.63) is 107 Å². The van der Waals surface area contributed by atoms with E-state index in [0.717, 1.165) is 16.9 Å². The van der Waals surface area contributed by atoms with Gasteiger partial charge in [-0.15, -0.1) is 0 Å². The molecule has 0 spiro atoms. The van der Waals surface area contributed by atoms with Gasteiger partial charge in [0, 0.05) is 17.8 Å². The molecule has 0 N–H and O–H groups in total. The first-order valence-electron chi connectivity index (χ1n) is 10.1. The van der Waals surface area contributed by atoms with Gasteiger partial charge in [-0.3, -0.25) is 14.5 Å². The zero-order chi connectivity index (χ0) is 22.3. The zero-order valence-corrected chi connectivity index (χ0v) is 17.6. The van der Waals surface area contributed by atoms with Gasteiger partial charge in [-0.25, -0.2) is 9.67 Å². The highest BCUT2D eigenvalue weighted by molar-refractivity contribution is 5.92. The summed E-state index contributed by atoms with van der Waals surface area (Å²) < 4.78 is 6.37. The summed E-state index contributed by atoms with van der Waals surface area (Å²) in [5.41, 5.74) is 2.01. The van der Waals surface area contributed by atoms with Gasteiger partial charge in [0.2, 0.25) is 5.91 Å². The van der Waals surface area contributed by atoms with Crippen molar-refractivity contribution in [1.82, 2.24) is 14.8 Å². The highest BCUT2D eigenvalue weighted by atomic mass is 16.5. The third kappa shape index (κ3) is 4.89. The van der Waals surface area contributed by atoms with Crippen molar-refractivity contribution < 1.29 is 9.53 Å². The Labute approximate surface area is 185 Å². The van der Waals surface area contributed by atoms with Crippen molar-refractivity contribution in [2.45, 2.75) is 13.1 Å². The summed E-state index contributed by atoms with van der Waals surface area (Å²) in [6, 6.07) is 25.4. The van der Waals surface area contributed by atoms with Gasteiger partial charge < -0.3 is 4.74 Å². The number of rotatable bonds is 7. The molecule has 1 amide bonds. The first kappa shape index (κ1) is 21.0. The molecule has 0 aliphatic heterocycles. The molecule has 2 heterocycles. The van der Waals surface area contributed by atoms with Gasteiger partial charge in [0.25, 0.3) is 5.56 Å². The molecule has 0 radical (unpaired) electrons. The second kappa shape index (κ2) is 9.70. The molecule has 160 valence electrons. The average molecular weight is 426 g/mol. The maximum atomic E-state index is 13.3. The van der Waals surface area contributed by atoms with Gasteiger partial charge in [0.15, 0.2) is 0 Å². The molecule has 0 aliphatic rings. The second-order valence-electron chi connectivity index (χ2n) is 7.10. The van der Waals surface area contributed by atoms with Crippen molar-refractivity contribution in [3.8, 4) is 17.0 Å². The normalized spacial score (nSPS) is 10.5. The topological polar surface area (TPSA) is 77.3 Å². The zero-order valence-electron chi connectivity index (χ0n) is 17.6. The van der Waals surface area contributed by atoms with Crippen molar-refractivity contribution >= 4 is 11.7 Å². The maximum Gasteiger partial charge on any atom is 0.267 e. The van der Waals surface area contributed by atoms with Crippen molar-refractivity contribution in [2.24, 2.45) is 0 Å². The molecule has 2 aromatic carbocycles. The fraction of sp³-hybridized carbons (Fsp3) is 0.120. The van der Waals surface area contributed by atoms with E-state index in [-0.39, 0.29) is 18.0 Å². The van der Waals surface area contributed by atoms with Crippen molar-refractivity contribution in [3.63, 3.8) is 0 Å². The lowest BCUT2D eigenvalue weighted by Crippen LogP contribution is -2.37. The van der Waals surface area contributed by atoms with Crippen LogP contribution in [0.2, 0.25) is 0 Å². The van der Waals surface area contributed by atoms with Crippen LogP contribution in [0.1, 0.15) is 5.56 Å². The van der Waals surface area contributed by atoms with E-state index < -0.39 is 0 Å². The molecule has 7 nitrogen and oxygen atoms in total. The Morgan fingerprint density at radius 2 is 1.69 bits per heavy atom. The number of nitrogens with zero attached hydrogens (tertiary/aromatic N) is 4. The van der Waals surface area contributed by atoms with E-state index in [1.165, 1.54) is 10.7 Å². The molecule has 2 aromatic heterocycles. The lowest BCUT2D eigenvalue weighted by molar-refractivity contribution is -0.119. The van der Waals surface area contributed by atoms with E-state index in [1.807, 2.05) is 60.7 Å². The Hall–Kier alpha value is -4.26. The minimum atomic E-state index is -0.351. The quantitative estimate of drug-likeness (QED) is 0.452. The van der Waals surface area contributed by atoms with Gasteiger partial charge >= 0.3 is 0 Å². The maximum absolute atomic E-state index is 13.3. The molecule has 0 unspecified atom stereocenters. The Bertz CT molecular complexity index is 1240. The van der Waals surface area contributed by atoms with Crippen LogP contribution in [0.3, 0.4) is 0 Å². The van der Waals surface area contributed by atoms with E-state index >= 15 is 0 Å². The van der Waals surface area contributed by atoms with Crippen LogP contribution in [0.15, 0.2) is 95.9 Å². The van der Waals surface area contributed by atoms with Crippen LogP contribution in [0.5, 0.6) is 5.75 Å². The van der Waals surface area contributed by atoms with Crippen LogP contribution in [-0.2, 0) is 17.9 Å². The van der Waals surface area contributed by atoms with E-state index in [4.69, 9.17) is 4.74 Å². The lowest BCUT2D eigenvalue weighted by Gasteiger charge is -2.22. The van der Waals surface area contributed by atoms with Crippen LogP contribution in [0, 0.1) is 0 Å². The lowest BCUT2D eigenvalue weighted by atomic mass is 10.1. The molecule has 0 atom stereocenters. The smallest absolute Gasteiger partial charge is 0.267 e. The summed E-state index contributed by atoms with van der Waals surface area (Å²) in [7, 11) is 1.60. The number of anilines is 1. The number of ether oxygens (including phenoxy) is 1. The molecule has 4 aromatic rings. The Kier molecular flexibility index (Phi) is 6.36. The molecular formula is C25H22N4O3. The second-order valence-corrected chi connectivity index (χ2v) is 7.10. The minimum absolute atomic E-state index is 0.202. The first-order chi connectivity index (χ1) is 15.6. The standard InChI is InChI=1S/C25H22N4O3/c1-32-21-12-10-20(11-13-21)22-14-15-24(30)29(27-22)18-25(31)28(23-9-5-6-16-26-23)17-19-7-3-2-4-8-19/h2-16H,17-18H2,1H3. The summed E-state index contributed by atoms with van der Waals surface area (Å²) in [4.78, 5) is 31.6. The third-order valence-electron chi connectivity index (χ3n) is 4.95. The monoisotopic (exact) mass is 426 g/mol. The summed E-state index contributed by atoms with van der Waals surface area (Å²) in [6.07, 6.45) is 1.63. The SMILES string of the molecule is COc1ccc(-c2ccc(=O)n(CC(=O)N(Cc3ccccc3)c3ccccn3)n2)cc1. The number of pyridine rings is 1. The molecule has 0 saturated carbocycles. The fourth-order valence-electron chi connectivity index (χ4n) is 3.27. The Morgan fingerprint density at radius 3 is 2.38 bits per heavy atom. The van der Waals surface area contributed by atoms with Gasteiger partial charge in [0.1, 0.15) is 18.1 Å². The van der Waals surface area contributed by atoms with Crippen LogP contribution in [0.25, 0.3) is 11.3 Å². The van der Waals surface area contributed by atoms with Crippen molar-refractivity contribution in [1.29, 1.82) is 0 Å². The highest BCUT2D eigenvalue weighted by Crippen LogP contribution is 2.20. The molecular weight excluding hydrogens is 404 g/mol. The molecule has 0 fully saturated rings. The predicted octanol–water partition coefficient (Wildman–Crippen LogP) is 3.55. The molecule has 4 rings (SSSR count). The summed E-state index contributed by atoms with van der Waals surface area (Å²) in [6.45, 7) is 0.135. The fourth-order valence-corrected chi connectivity index (χ4v) is 3.27. The Morgan fingerprint density at radius 1 is 0.938 bits per heavy atom. The number of hydrogen-bond donors (Lipinski definition) is 0. The summed E-state index contributed by atoms with van der Waals surface area (Å²) in [5.74, 6) is 0.957. The van der Waals surface area contributed by atoms with Gasteiger partial charge in [-0.05, 0) is 48.0 Å².